The molecule has 4 rings (SSSR count). The molecule has 14 heteroatoms. The van der Waals surface area contributed by atoms with Crippen LogP contribution < -0.4 is 21.9 Å². The largest absolute Gasteiger partial charge is 0.333 e. The van der Waals surface area contributed by atoms with Crippen molar-refractivity contribution in [1.29, 1.82) is 0 Å². The third-order valence-corrected chi connectivity index (χ3v) is 7.04. The topological polar surface area (TPSA) is 157 Å². The fourth-order valence-electron chi connectivity index (χ4n) is 4.03. The number of sulfone groups is 1. The molecular formula is C25H29N7O6S. The minimum atomic E-state index is -3.78. The molecule has 2 aromatic heterocycles. The molecule has 3 aromatic rings. The number of carbonyl (C=O) groups is 2. The van der Waals surface area contributed by atoms with E-state index in [-0.39, 0.29) is 47.1 Å². The molecular weight excluding hydrogens is 526 g/mol. The molecule has 2 amide bonds. The number of hydrogen-bond donors (Lipinski definition) is 2. The number of amides is 2. The van der Waals surface area contributed by atoms with Crippen LogP contribution in [-0.2, 0) is 40.1 Å². The van der Waals surface area contributed by atoms with E-state index in [4.69, 9.17) is 0 Å². The highest BCUT2D eigenvalue weighted by Gasteiger charge is 2.29. The maximum Gasteiger partial charge on any atom is 0.333 e. The predicted molar refractivity (Wildman–Crippen MR) is 145 cm³/mol. The number of rotatable bonds is 7. The molecule has 39 heavy (non-hydrogen) atoms. The Morgan fingerprint density at radius 3 is 2.31 bits per heavy atom. The van der Waals surface area contributed by atoms with Crippen molar-refractivity contribution in [2.24, 2.45) is 20.0 Å². The van der Waals surface area contributed by atoms with E-state index in [9.17, 15) is 27.6 Å². The fraction of sp³-hybridized carbons (Fsp3) is 0.400. The highest BCUT2D eigenvalue weighted by atomic mass is 32.2. The summed E-state index contributed by atoms with van der Waals surface area (Å²) < 4.78 is 27.5. The maximum absolute atomic E-state index is 12.9. The van der Waals surface area contributed by atoms with Crippen molar-refractivity contribution in [2.75, 3.05) is 37.5 Å². The molecule has 0 unspecified atom stereocenters. The molecule has 2 N–H and O–H groups in total. The van der Waals surface area contributed by atoms with Gasteiger partial charge in [0.2, 0.25) is 26.8 Å². The van der Waals surface area contributed by atoms with Gasteiger partial charge in [-0.1, -0.05) is 11.8 Å². The van der Waals surface area contributed by atoms with Gasteiger partial charge in [-0.05, 0) is 45.1 Å². The zero-order valence-corrected chi connectivity index (χ0v) is 23.0. The van der Waals surface area contributed by atoms with E-state index in [1.165, 1.54) is 14.1 Å². The molecule has 13 nitrogen and oxygen atoms in total. The smallest absolute Gasteiger partial charge is 0.326 e. The number of aryl methyl sites for hydroxylation is 1. The molecule has 1 aromatic carbocycles. The molecule has 0 radical (unpaired) electrons. The van der Waals surface area contributed by atoms with Crippen LogP contribution in [0.4, 0.5) is 11.4 Å². The molecule has 0 spiro atoms. The molecule has 1 aliphatic rings. The van der Waals surface area contributed by atoms with Crippen LogP contribution in [0.5, 0.6) is 0 Å². The summed E-state index contributed by atoms with van der Waals surface area (Å²) in [6, 6.07) is 4.92. The van der Waals surface area contributed by atoms with Gasteiger partial charge in [0.1, 0.15) is 0 Å². The first-order valence-electron chi connectivity index (χ1n) is 12.0. The Bertz CT molecular complexity index is 1780. The van der Waals surface area contributed by atoms with Gasteiger partial charge in [-0.15, -0.1) is 0 Å². The van der Waals surface area contributed by atoms with Crippen LogP contribution in [0.3, 0.4) is 0 Å². The lowest BCUT2D eigenvalue weighted by Gasteiger charge is -2.12. The van der Waals surface area contributed by atoms with Gasteiger partial charge in [0, 0.05) is 43.2 Å². The molecule has 0 bridgehead atoms. The van der Waals surface area contributed by atoms with Crippen LogP contribution in [0, 0.1) is 17.8 Å². The Labute approximate surface area is 224 Å². The Balaban J connectivity index is 1.72. The summed E-state index contributed by atoms with van der Waals surface area (Å²) in [7, 11) is 2.43. The molecule has 0 saturated heterocycles. The zero-order valence-electron chi connectivity index (χ0n) is 22.2. The molecule has 1 fully saturated rings. The summed E-state index contributed by atoms with van der Waals surface area (Å²) in [4.78, 5) is 56.0. The Morgan fingerprint density at radius 1 is 1.08 bits per heavy atom. The second kappa shape index (κ2) is 10.5. The van der Waals surface area contributed by atoms with Gasteiger partial charge in [-0.3, -0.25) is 23.5 Å². The predicted octanol–water partition coefficient (Wildman–Crippen LogP) is -0.262. The Morgan fingerprint density at radius 2 is 1.72 bits per heavy atom. The van der Waals surface area contributed by atoms with E-state index >= 15 is 0 Å². The van der Waals surface area contributed by atoms with Crippen LogP contribution in [0.15, 0.2) is 32.9 Å². The van der Waals surface area contributed by atoms with Crippen molar-refractivity contribution in [3.8, 4) is 11.8 Å². The van der Waals surface area contributed by atoms with Crippen molar-refractivity contribution in [1.82, 2.24) is 23.6 Å². The summed E-state index contributed by atoms with van der Waals surface area (Å²) in [6.45, 7) is -0.0461. The van der Waals surface area contributed by atoms with Gasteiger partial charge >= 0.3 is 5.69 Å². The second-order valence-corrected chi connectivity index (χ2v) is 11.7. The van der Waals surface area contributed by atoms with Crippen molar-refractivity contribution in [3.63, 3.8) is 0 Å². The number of likely N-dealkylation sites (N-methyl/N-ethyl adjacent to an activating group) is 1. The highest BCUT2D eigenvalue weighted by molar-refractivity contribution is 7.90. The van der Waals surface area contributed by atoms with E-state index in [0.29, 0.717) is 16.9 Å². The average molecular weight is 556 g/mol. The van der Waals surface area contributed by atoms with Gasteiger partial charge in [0.05, 0.1) is 13.1 Å². The number of nitrogens with zero attached hydrogens (tertiary/aromatic N) is 5. The normalized spacial score (nSPS) is 13.3. The number of anilines is 2. The minimum absolute atomic E-state index is 0.0271. The van der Waals surface area contributed by atoms with E-state index in [1.54, 1.807) is 37.2 Å². The summed E-state index contributed by atoms with van der Waals surface area (Å²) in [5, 5.41) is 5.29. The van der Waals surface area contributed by atoms with Crippen molar-refractivity contribution >= 4 is 44.2 Å². The van der Waals surface area contributed by atoms with Gasteiger partial charge in [-0.25, -0.2) is 13.2 Å². The lowest BCUT2D eigenvalue weighted by Crippen LogP contribution is -2.38. The highest BCUT2D eigenvalue weighted by Crippen LogP contribution is 2.30. The maximum atomic E-state index is 12.9. The SMILES string of the molecule is CN(C)CC(=O)Nc1cc(C#CCn2c(=O)n(C)c(=O)c3c2nc(S(C)(=O)=O)n3C)cc(NC(=O)C2CC2)c1. The van der Waals surface area contributed by atoms with Gasteiger partial charge in [0.15, 0.2) is 11.2 Å². The zero-order chi connectivity index (χ0) is 28.6. The van der Waals surface area contributed by atoms with Crippen LogP contribution in [-0.4, -0.2) is 70.7 Å². The third-order valence-electron chi connectivity index (χ3n) is 6.01. The number of carbonyl (C=O) groups excluding carboxylic acids is 2. The Kier molecular flexibility index (Phi) is 7.49. The summed E-state index contributed by atoms with van der Waals surface area (Å²) in [5.74, 6) is 5.39. The lowest BCUT2D eigenvalue weighted by atomic mass is 10.1. The number of aromatic nitrogens is 4. The molecule has 0 aliphatic heterocycles. The molecule has 1 saturated carbocycles. The second-order valence-electron chi connectivity index (χ2n) is 9.78. The number of benzene rings is 1. The van der Waals surface area contributed by atoms with Gasteiger partial charge in [0.25, 0.3) is 5.56 Å². The quantitative estimate of drug-likeness (QED) is 0.378. The lowest BCUT2D eigenvalue weighted by molar-refractivity contribution is -0.117. The van der Waals surface area contributed by atoms with Crippen LogP contribution in [0.1, 0.15) is 18.4 Å². The first-order valence-corrected chi connectivity index (χ1v) is 13.9. The molecule has 2 heterocycles. The number of fused-ring (bicyclic) bond motifs is 1. The van der Waals surface area contributed by atoms with Crippen molar-refractivity contribution in [2.45, 2.75) is 24.5 Å². The average Bonchev–Trinajstić information content (AvgIpc) is 3.61. The summed E-state index contributed by atoms with van der Waals surface area (Å²) in [5.41, 5.74) is -0.177. The standard InChI is InChI=1S/C25H29N7O6S/c1-29(2)14-19(33)26-17-11-15(12-18(13-17)27-22(34)16-8-9-16)7-6-10-32-21-20(23(35)31(4)25(32)36)30(3)24(28-21)39(5,37)38/h11-13,16H,8-10,14H2,1-5H3,(H,26,33)(H,27,34). The fourth-order valence-corrected chi connectivity index (χ4v) is 4.87. The molecule has 206 valence electrons. The minimum Gasteiger partial charge on any atom is -0.326 e. The van der Waals surface area contributed by atoms with E-state index < -0.39 is 21.1 Å². The van der Waals surface area contributed by atoms with Gasteiger partial charge < -0.3 is 20.1 Å². The number of hydrogen-bond acceptors (Lipinski definition) is 8. The van der Waals surface area contributed by atoms with E-state index in [2.05, 4.69) is 27.5 Å². The summed E-state index contributed by atoms with van der Waals surface area (Å²) >= 11 is 0. The first kappa shape index (κ1) is 27.8. The molecule has 0 atom stereocenters. The number of nitrogens with one attached hydrogen (secondary N) is 2. The van der Waals surface area contributed by atoms with Crippen LogP contribution in [0.25, 0.3) is 11.2 Å². The monoisotopic (exact) mass is 555 g/mol. The number of imidazole rings is 1. The van der Waals surface area contributed by atoms with Crippen molar-refractivity contribution < 1.29 is 18.0 Å². The van der Waals surface area contributed by atoms with Crippen LogP contribution >= 0.6 is 0 Å². The Hall–Kier alpha value is -4.22. The third kappa shape index (κ3) is 6.10. The van der Waals surface area contributed by atoms with E-state index in [1.807, 2.05) is 0 Å². The van der Waals surface area contributed by atoms with Gasteiger partial charge in [-0.2, -0.15) is 4.98 Å². The molecule has 1 aliphatic carbocycles. The van der Waals surface area contributed by atoms with E-state index in [0.717, 1.165) is 32.8 Å². The van der Waals surface area contributed by atoms with Crippen LogP contribution in [0.2, 0.25) is 0 Å². The first-order chi connectivity index (χ1) is 18.3. The summed E-state index contributed by atoms with van der Waals surface area (Å²) in [6.07, 6.45) is 2.62. The van der Waals surface area contributed by atoms with Crippen molar-refractivity contribution in [3.05, 3.63) is 44.6 Å².